The summed E-state index contributed by atoms with van der Waals surface area (Å²) in [6.45, 7) is 0. The number of aromatic hydroxyl groups is 2. The van der Waals surface area contributed by atoms with Crippen LogP contribution in [0.5, 0.6) is 17.2 Å². The molecule has 1 aromatic heterocycles. The van der Waals surface area contributed by atoms with Crippen LogP contribution in [0.2, 0.25) is 0 Å². The maximum absolute atomic E-state index is 13.5. The SMILES string of the molecule is NC(=O)CCc1oc2cc(OC(=O)Cc3ccccc3)c(O)cc2c1C(=O)c1cc(Br)c(O)c(Br)c1. The van der Waals surface area contributed by atoms with E-state index in [0.717, 1.165) is 5.56 Å². The largest absolute Gasteiger partial charge is 0.506 e. The summed E-state index contributed by atoms with van der Waals surface area (Å²) in [5.74, 6) is -2.03. The first-order valence-electron chi connectivity index (χ1n) is 10.7. The fourth-order valence-corrected chi connectivity index (χ4v) is 4.86. The molecule has 1 heterocycles. The van der Waals surface area contributed by atoms with E-state index in [4.69, 9.17) is 14.9 Å². The van der Waals surface area contributed by atoms with Gasteiger partial charge in [0.1, 0.15) is 17.1 Å². The average molecular weight is 617 g/mol. The molecule has 36 heavy (non-hydrogen) atoms. The molecule has 10 heteroatoms. The number of aryl methyl sites for hydroxylation is 1. The number of carbonyl (C=O) groups is 3. The van der Waals surface area contributed by atoms with E-state index in [2.05, 4.69) is 31.9 Å². The van der Waals surface area contributed by atoms with Crippen molar-refractivity contribution in [3.8, 4) is 17.2 Å². The number of furan rings is 1. The topological polar surface area (TPSA) is 140 Å². The van der Waals surface area contributed by atoms with Crippen molar-refractivity contribution in [2.75, 3.05) is 0 Å². The number of amides is 1. The molecule has 0 aliphatic carbocycles. The lowest BCUT2D eigenvalue weighted by Gasteiger charge is -2.08. The Balaban J connectivity index is 1.74. The third-order valence-corrected chi connectivity index (χ3v) is 6.57. The van der Waals surface area contributed by atoms with Crippen molar-refractivity contribution in [3.63, 3.8) is 0 Å². The van der Waals surface area contributed by atoms with E-state index in [-0.39, 0.29) is 64.4 Å². The molecule has 0 aliphatic heterocycles. The summed E-state index contributed by atoms with van der Waals surface area (Å²) in [6.07, 6.45) is -0.0436. The zero-order valence-corrected chi connectivity index (χ0v) is 21.8. The molecule has 0 atom stereocenters. The summed E-state index contributed by atoms with van der Waals surface area (Å²) in [5, 5.41) is 20.9. The Morgan fingerprint density at radius 1 is 0.972 bits per heavy atom. The zero-order chi connectivity index (χ0) is 26.0. The van der Waals surface area contributed by atoms with Gasteiger partial charge in [0.15, 0.2) is 17.3 Å². The van der Waals surface area contributed by atoms with E-state index in [1.807, 2.05) is 6.07 Å². The summed E-state index contributed by atoms with van der Waals surface area (Å²) in [5.41, 5.74) is 6.55. The predicted molar refractivity (Wildman–Crippen MR) is 138 cm³/mol. The van der Waals surface area contributed by atoms with Gasteiger partial charge in [0.25, 0.3) is 0 Å². The van der Waals surface area contributed by atoms with Gasteiger partial charge in [-0.15, -0.1) is 0 Å². The molecule has 0 aliphatic rings. The molecule has 3 aromatic carbocycles. The van der Waals surface area contributed by atoms with Crippen LogP contribution >= 0.6 is 31.9 Å². The Kier molecular flexibility index (Phi) is 7.46. The minimum absolute atomic E-state index is 0.00528. The minimum Gasteiger partial charge on any atom is -0.506 e. The van der Waals surface area contributed by atoms with Gasteiger partial charge < -0.3 is 25.1 Å². The van der Waals surface area contributed by atoms with Crippen molar-refractivity contribution in [1.29, 1.82) is 0 Å². The van der Waals surface area contributed by atoms with E-state index in [1.54, 1.807) is 24.3 Å². The Labute approximate surface area is 221 Å². The predicted octanol–water partition coefficient (Wildman–Crippen LogP) is 5.17. The van der Waals surface area contributed by atoms with Crippen LogP contribution in [0.15, 0.2) is 68.0 Å². The lowest BCUT2D eigenvalue weighted by atomic mass is 9.98. The number of hydrogen-bond acceptors (Lipinski definition) is 7. The normalized spacial score (nSPS) is 10.9. The maximum Gasteiger partial charge on any atom is 0.315 e. The van der Waals surface area contributed by atoms with Crippen LogP contribution in [0, 0.1) is 0 Å². The molecule has 0 bridgehead atoms. The van der Waals surface area contributed by atoms with Crippen molar-refractivity contribution in [2.24, 2.45) is 5.73 Å². The van der Waals surface area contributed by atoms with Crippen molar-refractivity contribution in [3.05, 3.63) is 86.0 Å². The van der Waals surface area contributed by atoms with Crippen LogP contribution in [0.3, 0.4) is 0 Å². The maximum atomic E-state index is 13.5. The standard InChI is InChI=1S/C26H19Br2NO7/c27-16-9-14(10-17(28)26(16)34)25(33)24-15-11-18(30)21(12-20(15)35-19(24)6-7-22(29)31)36-23(32)8-13-4-2-1-3-5-13/h1-5,9-12,30,34H,6-8H2,(H2,29,31). The highest BCUT2D eigenvalue weighted by Crippen LogP contribution is 2.39. The van der Waals surface area contributed by atoms with Crippen molar-refractivity contribution in [2.45, 2.75) is 19.3 Å². The number of phenols is 2. The number of rotatable bonds is 8. The number of ketones is 1. The zero-order valence-electron chi connectivity index (χ0n) is 18.6. The quantitative estimate of drug-likeness (QED) is 0.141. The van der Waals surface area contributed by atoms with E-state index >= 15 is 0 Å². The van der Waals surface area contributed by atoms with Crippen molar-refractivity contribution < 1.29 is 33.8 Å². The van der Waals surface area contributed by atoms with E-state index in [0.29, 0.717) is 8.95 Å². The van der Waals surface area contributed by atoms with E-state index in [1.165, 1.54) is 24.3 Å². The lowest BCUT2D eigenvalue weighted by molar-refractivity contribution is -0.133. The van der Waals surface area contributed by atoms with Gasteiger partial charge in [0.05, 0.1) is 20.9 Å². The Morgan fingerprint density at radius 2 is 1.64 bits per heavy atom. The highest BCUT2D eigenvalue weighted by molar-refractivity contribution is 9.11. The Bertz CT molecular complexity index is 1470. The second-order valence-corrected chi connectivity index (χ2v) is 9.65. The van der Waals surface area contributed by atoms with Gasteiger partial charge in [0.2, 0.25) is 5.91 Å². The molecular weight excluding hydrogens is 598 g/mol. The molecule has 8 nitrogen and oxygen atoms in total. The third-order valence-electron chi connectivity index (χ3n) is 5.36. The molecule has 184 valence electrons. The van der Waals surface area contributed by atoms with Gasteiger partial charge in [-0.1, -0.05) is 30.3 Å². The van der Waals surface area contributed by atoms with Crippen LogP contribution in [0.1, 0.15) is 33.7 Å². The fraction of sp³-hybridized carbons (Fsp3) is 0.115. The number of primary amides is 1. The number of nitrogens with two attached hydrogens (primary N) is 1. The second-order valence-electron chi connectivity index (χ2n) is 7.94. The minimum atomic E-state index is -0.591. The lowest BCUT2D eigenvalue weighted by Crippen LogP contribution is -2.12. The number of esters is 1. The van der Waals surface area contributed by atoms with Crippen molar-refractivity contribution >= 4 is 60.5 Å². The Morgan fingerprint density at radius 3 is 2.28 bits per heavy atom. The van der Waals surface area contributed by atoms with Crippen LogP contribution in [0.4, 0.5) is 0 Å². The summed E-state index contributed by atoms with van der Waals surface area (Å²) in [6, 6.07) is 14.5. The van der Waals surface area contributed by atoms with E-state index in [9.17, 15) is 24.6 Å². The van der Waals surface area contributed by atoms with Crippen LogP contribution < -0.4 is 10.5 Å². The number of phenolic OH excluding ortho intramolecular Hbond substituents is 2. The molecule has 0 fully saturated rings. The monoisotopic (exact) mass is 615 g/mol. The average Bonchev–Trinajstić information content (AvgIpc) is 3.18. The fourth-order valence-electron chi connectivity index (χ4n) is 3.67. The number of carbonyl (C=O) groups excluding carboxylic acids is 3. The molecule has 4 aromatic rings. The molecule has 0 saturated heterocycles. The van der Waals surface area contributed by atoms with Crippen LogP contribution in [0.25, 0.3) is 11.0 Å². The smallest absolute Gasteiger partial charge is 0.315 e. The number of halogens is 2. The summed E-state index contributed by atoms with van der Waals surface area (Å²) in [7, 11) is 0. The molecule has 4 N–H and O–H groups in total. The number of hydrogen-bond donors (Lipinski definition) is 3. The van der Waals surface area contributed by atoms with Gasteiger partial charge in [0, 0.05) is 29.9 Å². The molecule has 4 rings (SSSR count). The van der Waals surface area contributed by atoms with Crippen molar-refractivity contribution in [1.82, 2.24) is 0 Å². The highest BCUT2D eigenvalue weighted by Gasteiger charge is 2.25. The third kappa shape index (κ3) is 5.44. The summed E-state index contributed by atoms with van der Waals surface area (Å²) < 4.78 is 11.8. The molecule has 1 amide bonds. The van der Waals surface area contributed by atoms with Crippen LogP contribution in [-0.2, 0) is 22.4 Å². The summed E-state index contributed by atoms with van der Waals surface area (Å²) >= 11 is 6.42. The Hall–Kier alpha value is -3.63. The van der Waals surface area contributed by atoms with Gasteiger partial charge in [-0.05, 0) is 55.6 Å². The molecule has 0 spiro atoms. The highest BCUT2D eigenvalue weighted by atomic mass is 79.9. The summed E-state index contributed by atoms with van der Waals surface area (Å²) in [4.78, 5) is 37.3. The van der Waals surface area contributed by atoms with Gasteiger partial charge >= 0.3 is 5.97 Å². The van der Waals surface area contributed by atoms with Crippen LogP contribution in [-0.4, -0.2) is 27.9 Å². The first-order chi connectivity index (χ1) is 17.1. The molecular formula is C26H19Br2NO7. The molecule has 0 unspecified atom stereocenters. The first kappa shape index (κ1) is 25.5. The number of benzene rings is 3. The van der Waals surface area contributed by atoms with Gasteiger partial charge in [-0.2, -0.15) is 0 Å². The van der Waals surface area contributed by atoms with Gasteiger partial charge in [-0.25, -0.2) is 0 Å². The number of ether oxygens (including phenoxy) is 1. The second kappa shape index (κ2) is 10.5. The number of fused-ring (bicyclic) bond motifs is 1. The van der Waals surface area contributed by atoms with Gasteiger partial charge in [-0.3, -0.25) is 14.4 Å². The van der Waals surface area contributed by atoms with E-state index < -0.39 is 17.7 Å². The first-order valence-corrected chi connectivity index (χ1v) is 12.3. The molecule has 0 radical (unpaired) electrons. The molecule has 0 saturated carbocycles.